The van der Waals surface area contributed by atoms with Gasteiger partial charge in [-0.15, -0.1) is 11.3 Å². The van der Waals surface area contributed by atoms with Crippen molar-refractivity contribution in [2.45, 2.75) is 52.7 Å². The largest absolute Gasteiger partial charge is 0.329 e. The third-order valence-corrected chi connectivity index (χ3v) is 6.41. The van der Waals surface area contributed by atoms with Gasteiger partial charge in [0.05, 0.1) is 16.7 Å². The Morgan fingerprint density at radius 1 is 1.27 bits per heavy atom. The number of amides is 1. The van der Waals surface area contributed by atoms with Gasteiger partial charge in [-0.1, -0.05) is 26.0 Å². The number of imidazole rings is 1. The lowest BCUT2D eigenvalue weighted by Crippen LogP contribution is -2.33. The standard InChI is InChI=1S/C22H29N5O2S/c1-3-10-26-18-8-4-5-9-19(18)27(22(26)29)14-20(28)24-21-23-17(15-30-21)13-25-11-6-7-16(2)12-25/h4-5,8-9,15-16H,3,6-7,10-14H2,1-2H3,(H,23,24,28). The van der Waals surface area contributed by atoms with Gasteiger partial charge in [0.2, 0.25) is 5.91 Å². The van der Waals surface area contributed by atoms with E-state index in [2.05, 4.69) is 22.1 Å². The molecule has 3 heterocycles. The predicted octanol–water partition coefficient (Wildman–Crippen LogP) is 3.54. The Kier molecular flexibility index (Phi) is 6.34. The molecule has 1 unspecified atom stereocenters. The van der Waals surface area contributed by atoms with Crippen molar-refractivity contribution >= 4 is 33.4 Å². The van der Waals surface area contributed by atoms with Crippen LogP contribution in [0.4, 0.5) is 5.13 Å². The maximum atomic E-state index is 12.8. The van der Waals surface area contributed by atoms with Crippen LogP contribution in [0.15, 0.2) is 34.4 Å². The maximum Gasteiger partial charge on any atom is 0.329 e. The van der Waals surface area contributed by atoms with Crippen molar-refractivity contribution in [3.8, 4) is 0 Å². The van der Waals surface area contributed by atoms with Crippen LogP contribution in [0.3, 0.4) is 0 Å². The number of hydrogen-bond acceptors (Lipinski definition) is 5. The molecule has 160 valence electrons. The van der Waals surface area contributed by atoms with Crippen molar-refractivity contribution in [1.29, 1.82) is 0 Å². The second-order valence-electron chi connectivity index (χ2n) is 8.18. The molecule has 7 nitrogen and oxygen atoms in total. The molecule has 1 aromatic carbocycles. The number of carbonyl (C=O) groups excluding carboxylic acids is 1. The van der Waals surface area contributed by atoms with Crippen molar-refractivity contribution < 1.29 is 4.79 Å². The molecule has 3 aromatic rings. The molecule has 2 aromatic heterocycles. The van der Waals surface area contributed by atoms with Crippen molar-refractivity contribution in [2.24, 2.45) is 5.92 Å². The number of para-hydroxylation sites is 2. The summed E-state index contributed by atoms with van der Waals surface area (Å²) in [5, 5.41) is 5.47. The maximum absolute atomic E-state index is 12.8. The summed E-state index contributed by atoms with van der Waals surface area (Å²) in [5.74, 6) is 0.494. The van der Waals surface area contributed by atoms with E-state index in [0.717, 1.165) is 48.7 Å². The van der Waals surface area contributed by atoms with Gasteiger partial charge in [-0.2, -0.15) is 0 Å². The molecule has 1 saturated heterocycles. The summed E-state index contributed by atoms with van der Waals surface area (Å²) >= 11 is 1.44. The highest BCUT2D eigenvalue weighted by Crippen LogP contribution is 2.21. The van der Waals surface area contributed by atoms with Crippen LogP contribution in [0.25, 0.3) is 11.0 Å². The van der Waals surface area contributed by atoms with E-state index in [1.54, 1.807) is 9.13 Å². The number of thiazole rings is 1. The molecule has 0 bridgehead atoms. The molecule has 1 N–H and O–H groups in total. The van der Waals surface area contributed by atoms with Crippen LogP contribution in [0.1, 0.15) is 38.8 Å². The fourth-order valence-electron chi connectivity index (χ4n) is 4.26. The van der Waals surface area contributed by atoms with E-state index in [4.69, 9.17) is 0 Å². The van der Waals surface area contributed by atoms with E-state index in [-0.39, 0.29) is 18.1 Å². The highest BCUT2D eigenvalue weighted by atomic mass is 32.1. The lowest BCUT2D eigenvalue weighted by molar-refractivity contribution is -0.116. The average Bonchev–Trinajstić information content (AvgIpc) is 3.26. The molecule has 1 aliphatic heterocycles. The molecule has 0 radical (unpaired) electrons. The molecule has 0 saturated carbocycles. The molecular formula is C22H29N5O2S. The topological polar surface area (TPSA) is 72.2 Å². The van der Waals surface area contributed by atoms with Crippen LogP contribution in [-0.4, -0.2) is 38.0 Å². The number of hydrogen-bond donors (Lipinski definition) is 1. The van der Waals surface area contributed by atoms with Crippen molar-refractivity contribution in [2.75, 3.05) is 18.4 Å². The first-order valence-electron chi connectivity index (χ1n) is 10.7. The van der Waals surface area contributed by atoms with E-state index in [1.807, 2.05) is 36.6 Å². The number of benzene rings is 1. The number of rotatable bonds is 7. The molecule has 8 heteroatoms. The second-order valence-corrected chi connectivity index (χ2v) is 9.04. The molecule has 1 atom stereocenters. The number of nitrogens with zero attached hydrogens (tertiary/aromatic N) is 4. The summed E-state index contributed by atoms with van der Waals surface area (Å²) in [4.78, 5) is 32.5. The lowest BCUT2D eigenvalue weighted by Gasteiger charge is -2.30. The van der Waals surface area contributed by atoms with Gasteiger partial charge < -0.3 is 5.32 Å². The summed E-state index contributed by atoms with van der Waals surface area (Å²) in [6.45, 7) is 7.97. The predicted molar refractivity (Wildman–Crippen MR) is 121 cm³/mol. The summed E-state index contributed by atoms with van der Waals surface area (Å²) in [6, 6.07) is 7.62. The van der Waals surface area contributed by atoms with E-state index in [9.17, 15) is 9.59 Å². The zero-order valence-corrected chi connectivity index (χ0v) is 18.5. The zero-order valence-electron chi connectivity index (χ0n) is 17.6. The van der Waals surface area contributed by atoms with E-state index >= 15 is 0 Å². The molecule has 4 rings (SSSR count). The van der Waals surface area contributed by atoms with Crippen LogP contribution < -0.4 is 11.0 Å². The summed E-state index contributed by atoms with van der Waals surface area (Å²) in [5.41, 5.74) is 2.49. The van der Waals surface area contributed by atoms with Crippen molar-refractivity contribution in [3.63, 3.8) is 0 Å². The van der Waals surface area contributed by atoms with Crippen LogP contribution in [0, 0.1) is 5.92 Å². The number of carbonyl (C=O) groups is 1. The number of anilines is 1. The summed E-state index contributed by atoms with van der Waals surface area (Å²) < 4.78 is 3.29. The second kappa shape index (κ2) is 9.14. The Morgan fingerprint density at radius 3 is 2.77 bits per heavy atom. The molecule has 0 spiro atoms. The zero-order chi connectivity index (χ0) is 21.1. The number of aromatic nitrogens is 3. The quantitative estimate of drug-likeness (QED) is 0.626. The molecule has 1 aliphatic rings. The van der Waals surface area contributed by atoms with Gasteiger partial charge in [0.15, 0.2) is 5.13 Å². The van der Waals surface area contributed by atoms with E-state index in [1.165, 1.54) is 24.2 Å². The van der Waals surface area contributed by atoms with Crippen molar-refractivity contribution in [1.82, 2.24) is 19.0 Å². The highest BCUT2D eigenvalue weighted by molar-refractivity contribution is 7.13. The molecule has 1 fully saturated rings. The average molecular weight is 428 g/mol. The smallest absolute Gasteiger partial charge is 0.300 e. The summed E-state index contributed by atoms with van der Waals surface area (Å²) in [7, 11) is 0. The van der Waals surface area contributed by atoms with Gasteiger partial charge in [0.1, 0.15) is 6.54 Å². The van der Waals surface area contributed by atoms with Gasteiger partial charge in [-0.05, 0) is 43.9 Å². The molecule has 1 amide bonds. The Morgan fingerprint density at radius 2 is 2.03 bits per heavy atom. The Balaban J connectivity index is 1.44. The first kappa shape index (κ1) is 20.8. The summed E-state index contributed by atoms with van der Waals surface area (Å²) in [6.07, 6.45) is 3.38. The SMILES string of the molecule is CCCn1c(=O)n(CC(=O)Nc2nc(CN3CCCC(C)C3)cs2)c2ccccc21. The van der Waals surface area contributed by atoms with Crippen LogP contribution in [0.5, 0.6) is 0 Å². The number of aryl methyl sites for hydroxylation is 1. The Bertz CT molecular complexity index is 1080. The van der Waals surface area contributed by atoms with Gasteiger partial charge >= 0.3 is 5.69 Å². The minimum atomic E-state index is -0.232. The monoisotopic (exact) mass is 427 g/mol. The minimum absolute atomic E-state index is 0.0192. The number of nitrogens with one attached hydrogen (secondary N) is 1. The first-order valence-corrected chi connectivity index (χ1v) is 11.6. The van der Waals surface area contributed by atoms with Crippen LogP contribution >= 0.6 is 11.3 Å². The lowest BCUT2D eigenvalue weighted by atomic mass is 10.0. The minimum Gasteiger partial charge on any atom is -0.300 e. The molecule has 0 aliphatic carbocycles. The van der Waals surface area contributed by atoms with Crippen LogP contribution in [-0.2, 0) is 24.4 Å². The number of likely N-dealkylation sites (tertiary alicyclic amines) is 1. The van der Waals surface area contributed by atoms with E-state index in [0.29, 0.717) is 11.7 Å². The van der Waals surface area contributed by atoms with Gasteiger partial charge in [-0.3, -0.25) is 18.8 Å². The van der Waals surface area contributed by atoms with Gasteiger partial charge in [-0.25, -0.2) is 9.78 Å². The Labute approximate surface area is 180 Å². The third kappa shape index (κ3) is 4.49. The third-order valence-electron chi connectivity index (χ3n) is 5.60. The van der Waals surface area contributed by atoms with Gasteiger partial charge in [0, 0.05) is 25.0 Å². The molecular weight excluding hydrogens is 398 g/mol. The Hall–Kier alpha value is -2.45. The van der Waals surface area contributed by atoms with Gasteiger partial charge in [0.25, 0.3) is 0 Å². The first-order chi connectivity index (χ1) is 14.5. The number of piperidine rings is 1. The highest BCUT2D eigenvalue weighted by Gasteiger charge is 2.18. The van der Waals surface area contributed by atoms with Crippen molar-refractivity contribution in [3.05, 3.63) is 45.8 Å². The fourth-order valence-corrected chi connectivity index (χ4v) is 4.98. The number of fused-ring (bicyclic) bond motifs is 1. The van der Waals surface area contributed by atoms with E-state index < -0.39 is 0 Å². The normalized spacial score (nSPS) is 17.5. The van der Waals surface area contributed by atoms with Crippen LogP contribution in [0.2, 0.25) is 0 Å². The fraction of sp³-hybridized carbons (Fsp3) is 0.500. The molecule has 30 heavy (non-hydrogen) atoms.